The predicted molar refractivity (Wildman–Crippen MR) is 74.7 cm³/mol. The van der Waals surface area contributed by atoms with E-state index < -0.39 is 0 Å². The summed E-state index contributed by atoms with van der Waals surface area (Å²) >= 11 is 5.94. The van der Waals surface area contributed by atoms with Crippen molar-refractivity contribution < 1.29 is 4.79 Å². The smallest absolute Gasteiger partial charge is 0.227 e. The highest BCUT2D eigenvalue weighted by atomic mass is 35.5. The number of benzene rings is 1. The average Bonchev–Trinajstić information content (AvgIpc) is 2.82. The molecule has 0 saturated heterocycles. The molecule has 0 aromatic heterocycles. The van der Waals surface area contributed by atoms with Gasteiger partial charge in [-0.3, -0.25) is 4.79 Å². The first-order valence-corrected chi connectivity index (χ1v) is 6.76. The first-order valence-electron chi connectivity index (χ1n) is 6.39. The van der Waals surface area contributed by atoms with E-state index in [1.807, 2.05) is 19.1 Å². The Balaban J connectivity index is 2.09. The number of carbonyl (C=O) groups is 1. The third-order valence-electron chi connectivity index (χ3n) is 3.76. The van der Waals surface area contributed by atoms with Gasteiger partial charge in [0.05, 0.1) is 0 Å². The zero-order valence-corrected chi connectivity index (χ0v) is 11.3. The molecule has 2 rings (SSSR count). The summed E-state index contributed by atoms with van der Waals surface area (Å²) in [4.78, 5) is 12.2. The van der Waals surface area contributed by atoms with E-state index in [-0.39, 0.29) is 11.8 Å². The summed E-state index contributed by atoms with van der Waals surface area (Å²) in [5.74, 6) is 0.450. The van der Waals surface area contributed by atoms with Crippen molar-refractivity contribution in [3.05, 3.63) is 28.8 Å². The van der Waals surface area contributed by atoms with E-state index in [9.17, 15) is 4.79 Å². The van der Waals surface area contributed by atoms with Crippen molar-refractivity contribution in [1.82, 2.24) is 0 Å². The summed E-state index contributed by atoms with van der Waals surface area (Å²) in [7, 11) is 0. The standard InChI is InChI=1S/C14H19ClN2O/c1-9-5-6-11(15)7-13(9)17-14(18)12-4-2-3-10(12)8-16/h5-7,10,12H,2-4,8,16H2,1H3,(H,17,18). The van der Waals surface area contributed by atoms with Crippen molar-refractivity contribution in [2.75, 3.05) is 11.9 Å². The molecule has 98 valence electrons. The summed E-state index contributed by atoms with van der Waals surface area (Å²) in [6.07, 6.45) is 3.09. The molecule has 2 atom stereocenters. The lowest BCUT2D eigenvalue weighted by Gasteiger charge is -2.18. The van der Waals surface area contributed by atoms with Crippen molar-refractivity contribution in [1.29, 1.82) is 0 Å². The molecule has 0 spiro atoms. The molecule has 1 saturated carbocycles. The van der Waals surface area contributed by atoms with Crippen molar-refractivity contribution in [3.8, 4) is 0 Å². The normalized spacial score (nSPS) is 23.1. The maximum Gasteiger partial charge on any atom is 0.227 e. The molecule has 0 bridgehead atoms. The van der Waals surface area contributed by atoms with Crippen LogP contribution < -0.4 is 11.1 Å². The SMILES string of the molecule is Cc1ccc(Cl)cc1NC(=O)C1CCCC1CN. The van der Waals surface area contributed by atoms with Gasteiger partial charge >= 0.3 is 0 Å². The summed E-state index contributed by atoms with van der Waals surface area (Å²) < 4.78 is 0. The van der Waals surface area contributed by atoms with Crippen LogP contribution in [0.1, 0.15) is 24.8 Å². The molecule has 4 heteroatoms. The van der Waals surface area contributed by atoms with Crippen LogP contribution in [-0.4, -0.2) is 12.5 Å². The van der Waals surface area contributed by atoms with Crippen LogP contribution in [0.2, 0.25) is 5.02 Å². The fourth-order valence-corrected chi connectivity index (χ4v) is 2.79. The highest BCUT2D eigenvalue weighted by Gasteiger charge is 2.31. The first kappa shape index (κ1) is 13.4. The van der Waals surface area contributed by atoms with Gasteiger partial charge in [-0.15, -0.1) is 0 Å². The summed E-state index contributed by atoms with van der Waals surface area (Å²) in [5, 5.41) is 3.62. The van der Waals surface area contributed by atoms with Gasteiger partial charge in [0.1, 0.15) is 0 Å². The Kier molecular flexibility index (Phi) is 4.25. The fraction of sp³-hybridized carbons (Fsp3) is 0.500. The minimum atomic E-state index is 0.0494. The summed E-state index contributed by atoms with van der Waals surface area (Å²) in [6, 6.07) is 5.53. The molecule has 18 heavy (non-hydrogen) atoms. The van der Waals surface area contributed by atoms with Gasteiger partial charge in [-0.1, -0.05) is 24.1 Å². The zero-order valence-electron chi connectivity index (χ0n) is 10.6. The largest absolute Gasteiger partial charge is 0.330 e. The number of hydrogen-bond acceptors (Lipinski definition) is 2. The average molecular weight is 267 g/mol. The van der Waals surface area contributed by atoms with E-state index in [0.29, 0.717) is 17.5 Å². The lowest BCUT2D eigenvalue weighted by Crippen LogP contribution is -2.29. The topological polar surface area (TPSA) is 55.1 Å². The number of nitrogens with one attached hydrogen (secondary N) is 1. The molecule has 1 aromatic carbocycles. The van der Waals surface area contributed by atoms with Gasteiger partial charge in [0.15, 0.2) is 0 Å². The molecule has 1 fully saturated rings. The van der Waals surface area contributed by atoms with Gasteiger partial charge in [-0.2, -0.15) is 0 Å². The predicted octanol–water partition coefficient (Wildman–Crippen LogP) is 2.96. The quantitative estimate of drug-likeness (QED) is 0.884. The van der Waals surface area contributed by atoms with Crippen molar-refractivity contribution >= 4 is 23.2 Å². The minimum Gasteiger partial charge on any atom is -0.330 e. The lowest BCUT2D eigenvalue weighted by atomic mass is 9.95. The number of amides is 1. The van der Waals surface area contributed by atoms with Crippen LogP contribution in [0.4, 0.5) is 5.69 Å². The number of hydrogen-bond donors (Lipinski definition) is 2. The Labute approximate surface area is 113 Å². The second-order valence-corrected chi connectivity index (χ2v) is 5.42. The maximum absolute atomic E-state index is 12.2. The maximum atomic E-state index is 12.2. The molecule has 2 unspecified atom stereocenters. The van der Waals surface area contributed by atoms with Crippen molar-refractivity contribution in [2.45, 2.75) is 26.2 Å². The molecule has 0 heterocycles. The van der Waals surface area contributed by atoms with Crippen LogP contribution in [0.5, 0.6) is 0 Å². The molecule has 1 aliphatic rings. The number of anilines is 1. The van der Waals surface area contributed by atoms with Crippen LogP contribution in [-0.2, 0) is 4.79 Å². The zero-order chi connectivity index (χ0) is 13.1. The van der Waals surface area contributed by atoms with E-state index in [1.165, 1.54) is 0 Å². The minimum absolute atomic E-state index is 0.0494. The second-order valence-electron chi connectivity index (χ2n) is 4.98. The molecular formula is C14H19ClN2O. The van der Waals surface area contributed by atoms with Gasteiger partial charge in [0.2, 0.25) is 5.91 Å². The number of halogens is 1. The fourth-order valence-electron chi connectivity index (χ4n) is 2.62. The van der Waals surface area contributed by atoms with E-state index in [0.717, 1.165) is 30.5 Å². The molecule has 1 amide bonds. The number of nitrogens with two attached hydrogens (primary N) is 1. The molecular weight excluding hydrogens is 248 g/mol. The Hall–Kier alpha value is -1.06. The Morgan fingerprint density at radius 2 is 2.28 bits per heavy atom. The van der Waals surface area contributed by atoms with Crippen molar-refractivity contribution in [3.63, 3.8) is 0 Å². The Morgan fingerprint density at radius 1 is 1.50 bits per heavy atom. The van der Waals surface area contributed by atoms with Gasteiger partial charge < -0.3 is 11.1 Å². The van der Waals surface area contributed by atoms with E-state index in [4.69, 9.17) is 17.3 Å². The Bertz CT molecular complexity index is 447. The molecule has 3 N–H and O–H groups in total. The molecule has 1 aliphatic carbocycles. The van der Waals surface area contributed by atoms with Gasteiger partial charge in [-0.25, -0.2) is 0 Å². The van der Waals surface area contributed by atoms with Gasteiger partial charge in [-0.05, 0) is 49.9 Å². The van der Waals surface area contributed by atoms with E-state index in [2.05, 4.69) is 5.32 Å². The van der Waals surface area contributed by atoms with Gasteiger partial charge in [0, 0.05) is 16.6 Å². The number of carbonyl (C=O) groups excluding carboxylic acids is 1. The molecule has 1 aromatic rings. The van der Waals surface area contributed by atoms with Crippen LogP contribution >= 0.6 is 11.6 Å². The number of aryl methyl sites for hydroxylation is 1. The van der Waals surface area contributed by atoms with Crippen LogP contribution in [0.25, 0.3) is 0 Å². The van der Waals surface area contributed by atoms with E-state index in [1.54, 1.807) is 6.07 Å². The van der Waals surface area contributed by atoms with Gasteiger partial charge in [0.25, 0.3) is 0 Å². The third kappa shape index (κ3) is 2.85. The molecule has 0 aliphatic heterocycles. The van der Waals surface area contributed by atoms with Crippen LogP contribution in [0.3, 0.4) is 0 Å². The monoisotopic (exact) mass is 266 g/mol. The lowest BCUT2D eigenvalue weighted by molar-refractivity contribution is -0.120. The summed E-state index contributed by atoms with van der Waals surface area (Å²) in [6.45, 7) is 2.55. The molecule has 3 nitrogen and oxygen atoms in total. The highest BCUT2D eigenvalue weighted by Crippen LogP contribution is 2.32. The number of rotatable bonds is 3. The van der Waals surface area contributed by atoms with Crippen LogP contribution in [0.15, 0.2) is 18.2 Å². The summed E-state index contributed by atoms with van der Waals surface area (Å²) in [5.41, 5.74) is 7.53. The highest BCUT2D eigenvalue weighted by molar-refractivity contribution is 6.31. The Morgan fingerprint density at radius 3 is 3.00 bits per heavy atom. The molecule has 0 radical (unpaired) electrons. The van der Waals surface area contributed by atoms with Crippen molar-refractivity contribution in [2.24, 2.45) is 17.6 Å². The first-order chi connectivity index (χ1) is 8.61. The second kappa shape index (κ2) is 5.72. The van der Waals surface area contributed by atoms with E-state index >= 15 is 0 Å². The van der Waals surface area contributed by atoms with Crippen LogP contribution in [0, 0.1) is 18.8 Å². The third-order valence-corrected chi connectivity index (χ3v) is 3.99.